The van der Waals surface area contributed by atoms with E-state index in [0.717, 1.165) is 25.9 Å². The Morgan fingerprint density at radius 2 is 2.15 bits per heavy atom. The molecule has 1 heterocycles. The van der Waals surface area contributed by atoms with Gasteiger partial charge in [0, 0.05) is 24.8 Å². The van der Waals surface area contributed by atoms with Gasteiger partial charge in [-0.05, 0) is 36.8 Å². The topological polar surface area (TPSA) is 55.6 Å². The van der Waals surface area contributed by atoms with Gasteiger partial charge in [0.15, 0.2) is 6.61 Å². The first kappa shape index (κ1) is 14.7. The largest absolute Gasteiger partial charge is 0.484 e. The molecule has 4 nitrogen and oxygen atoms in total. The molecule has 0 aromatic heterocycles. The number of ether oxygens (including phenoxy) is 1. The van der Waals surface area contributed by atoms with Crippen molar-refractivity contribution in [2.45, 2.75) is 33.1 Å². The van der Waals surface area contributed by atoms with Crippen molar-refractivity contribution in [2.75, 3.05) is 25.4 Å². The lowest BCUT2D eigenvalue weighted by Gasteiger charge is -2.23. The average Bonchev–Trinajstić information content (AvgIpc) is 2.57. The van der Waals surface area contributed by atoms with Crippen LogP contribution in [0.5, 0.6) is 5.75 Å². The monoisotopic (exact) mass is 276 g/mol. The van der Waals surface area contributed by atoms with Crippen LogP contribution < -0.4 is 10.5 Å². The molecule has 0 unspecified atom stereocenters. The summed E-state index contributed by atoms with van der Waals surface area (Å²) in [6.07, 6.45) is 3.29. The molecular weight excluding hydrogens is 252 g/mol. The highest BCUT2D eigenvalue weighted by Gasteiger charge is 2.25. The number of hydrogen-bond donors (Lipinski definition) is 1. The van der Waals surface area contributed by atoms with Gasteiger partial charge in [0.25, 0.3) is 5.91 Å². The van der Waals surface area contributed by atoms with Crippen molar-refractivity contribution in [3.8, 4) is 5.75 Å². The van der Waals surface area contributed by atoms with Crippen LogP contribution in [0.3, 0.4) is 0 Å². The Bertz CT molecular complexity index is 471. The lowest BCUT2D eigenvalue weighted by Crippen LogP contribution is -2.36. The standard InChI is InChI=1S/C16H24N2O2/c1-16(2)7-4-9-18(10-8-16)15(19)12-20-14-6-3-5-13(17)11-14/h3,5-6,11H,4,7-10,12,17H2,1-2H3. The summed E-state index contributed by atoms with van der Waals surface area (Å²) in [4.78, 5) is 14.1. The van der Waals surface area contributed by atoms with E-state index in [4.69, 9.17) is 10.5 Å². The van der Waals surface area contributed by atoms with E-state index < -0.39 is 0 Å². The van der Waals surface area contributed by atoms with Crippen LogP contribution in [0.4, 0.5) is 5.69 Å². The lowest BCUT2D eigenvalue weighted by atomic mass is 9.85. The van der Waals surface area contributed by atoms with Crippen LogP contribution in [0.25, 0.3) is 0 Å². The summed E-state index contributed by atoms with van der Waals surface area (Å²) in [5.74, 6) is 0.707. The number of likely N-dealkylation sites (tertiary alicyclic amines) is 1. The van der Waals surface area contributed by atoms with Gasteiger partial charge in [0.05, 0.1) is 0 Å². The molecule has 0 bridgehead atoms. The predicted octanol–water partition coefficient (Wildman–Crippen LogP) is 2.69. The zero-order valence-corrected chi connectivity index (χ0v) is 12.4. The number of benzene rings is 1. The van der Waals surface area contributed by atoms with Gasteiger partial charge in [-0.2, -0.15) is 0 Å². The van der Waals surface area contributed by atoms with Crippen LogP contribution in [0, 0.1) is 5.41 Å². The summed E-state index contributed by atoms with van der Waals surface area (Å²) in [6.45, 7) is 6.28. The van der Waals surface area contributed by atoms with Gasteiger partial charge in [0.1, 0.15) is 5.75 Å². The van der Waals surface area contributed by atoms with Crippen LogP contribution in [0.2, 0.25) is 0 Å². The van der Waals surface area contributed by atoms with Crippen LogP contribution in [0.1, 0.15) is 33.1 Å². The maximum Gasteiger partial charge on any atom is 0.260 e. The van der Waals surface area contributed by atoms with E-state index in [1.807, 2.05) is 17.0 Å². The van der Waals surface area contributed by atoms with Crippen LogP contribution >= 0.6 is 0 Å². The molecule has 20 heavy (non-hydrogen) atoms. The van der Waals surface area contributed by atoms with Gasteiger partial charge in [-0.1, -0.05) is 19.9 Å². The highest BCUT2D eigenvalue weighted by Crippen LogP contribution is 2.29. The lowest BCUT2D eigenvalue weighted by molar-refractivity contribution is -0.133. The first-order valence-corrected chi connectivity index (χ1v) is 7.22. The predicted molar refractivity (Wildman–Crippen MR) is 80.6 cm³/mol. The van der Waals surface area contributed by atoms with Crippen LogP contribution in [0.15, 0.2) is 24.3 Å². The summed E-state index contributed by atoms with van der Waals surface area (Å²) >= 11 is 0. The fourth-order valence-corrected chi connectivity index (χ4v) is 2.51. The molecule has 2 N–H and O–H groups in total. The minimum atomic E-state index is 0.0603. The normalized spacial score (nSPS) is 18.4. The summed E-state index contributed by atoms with van der Waals surface area (Å²) in [7, 11) is 0. The van der Waals surface area contributed by atoms with E-state index in [9.17, 15) is 4.79 Å². The Hall–Kier alpha value is -1.71. The molecular formula is C16H24N2O2. The average molecular weight is 276 g/mol. The third kappa shape index (κ3) is 4.15. The van der Waals surface area contributed by atoms with E-state index in [2.05, 4.69) is 13.8 Å². The summed E-state index contributed by atoms with van der Waals surface area (Å²) in [5, 5.41) is 0. The number of nitrogen functional groups attached to an aromatic ring is 1. The summed E-state index contributed by atoms with van der Waals surface area (Å²) < 4.78 is 5.52. The molecule has 2 rings (SSSR count). The number of hydrogen-bond acceptors (Lipinski definition) is 3. The zero-order chi connectivity index (χ0) is 14.6. The minimum Gasteiger partial charge on any atom is -0.484 e. The molecule has 1 amide bonds. The van der Waals surface area contributed by atoms with Crippen molar-refractivity contribution in [1.82, 2.24) is 4.90 Å². The Kier molecular flexibility index (Phi) is 4.53. The van der Waals surface area contributed by atoms with Crippen molar-refractivity contribution in [3.05, 3.63) is 24.3 Å². The molecule has 1 fully saturated rings. The molecule has 0 spiro atoms. The number of rotatable bonds is 3. The second-order valence-corrected chi connectivity index (χ2v) is 6.26. The van der Waals surface area contributed by atoms with Crippen molar-refractivity contribution in [2.24, 2.45) is 5.41 Å². The van der Waals surface area contributed by atoms with Crippen molar-refractivity contribution in [1.29, 1.82) is 0 Å². The second kappa shape index (κ2) is 6.16. The van der Waals surface area contributed by atoms with Crippen molar-refractivity contribution >= 4 is 11.6 Å². The molecule has 0 saturated carbocycles. The molecule has 110 valence electrons. The molecule has 1 aliphatic rings. The highest BCUT2D eigenvalue weighted by molar-refractivity contribution is 5.77. The highest BCUT2D eigenvalue weighted by atomic mass is 16.5. The Labute approximate surface area is 120 Å². The van der Waals surface area contributed by atoms with Gasteiger partial charge in [-0.3, -0.25) is 4.79 Å². The van der Waals surface area contributed by atoms with Gasteiger partial charge in [-0.25, -0.2) is 0 Å². The molecule has 1 aromatic rings. The van der Waals surface area contributed by atoms with Crippen LogP contribution in [-0.4, -0.2) is 30.5 Å². The molecule has 1 aromatic carbocycles. The summed E-state index contributed by atoms with van der Waals surface area (Å²) in [6, 6.07) is 7.17. The smallest absolute Gasteiger partial charge is 0.260 e. The number of anilines is 1. The van der Waals surface area contributed by atoms with Gasteiger partial charge in [-0.15, -0.1) is 0 Å². The molecule has 1 saturated heterocycles. The third-order valence-electron chi connectivity index (χ3n) is 3.91. The maximum atomic E-state index is 12.2. The van der Waals surface area contributed by atoms with E-state index in [1.54, 1.807) is 12.1 Å². The zero-order valence-electron chi connectivity index (χ0n) is 12.4. The molecule has 4 heteroatoms. The number of carbonyl (C=O) groups excluding carboxylic acids is 1. The first-order chi connectivity index (χ1) is 9.46. The SMILES string of the molecule is CC1(C)CCCN(C(=O)COc2cccc(N)c2)CC1. The number of nitrogens with two attached hydrogens (primary N) is 1. The second-order valence-electron chi connectivity index (χ2n) is 6.26. The molecule has 1 aliphatic heterocycles. The number of amides is 1. The van der Waals surface area contributed by atoms with Gasteiger partial charge >= 0.3 is 0 Å². The minimum absolute atomic E-state index is 0.0603. The Morgan fingerprint density at radius 1 is 1.35 bits per heavy atom. The Balaban J connectivity index is 1.85. The fourth-order valence-electron chi connectivity index (χ4n) is 2.51. The van der Waals surface area contributed by atoms with Gasteiger partial charge in [0.2, 0.25) is 0 Å². The van der Waals surface area contributed by atoms with Crippen molar-refractivity contribution in [3.63, 3.8) is 0 Å². The molecule has 0 radical (unpaired) electrons. The number of carbonyl (C=O) groups is 1. The van der Waals surface area contributed by atoms with E-state index >= 15 is 0 Å². The number of nitrogens with zero attached hydrogens (tertiary/aromatic N) is 1. The molecule has 0 aliphatic carbocycles. The van der Waals surface area contributed by atoms with E-state index in [1.165, 1.54) is 6.42 Å². The Morgan fingerprint density at radius 3 is 2.90 bits per heavy atom. The quantitative estimate of drug-likeness (QED) is 0.864. The summed E-state index contributed by atoms with van der Waals surface area (Å²) in [5.41, 5.74) is 6.66. The molecule has 0 atom stereocenters. The fraction of sp³-hybridized carbons (Fsp3) is 0.562. The van der Waals surface area contributed by atoms with Crippen LogP contribution in [-0.2, 0) is 4.79 Å². The first-order valence-electron chi connectivity index (χ1n) is 7.22. The van der Waals surface area contributed by atoms with Crippen molar-refractivity contribution < 1.29 is 9.53 Å². The van der Waals surface area contributed by atoms with E-state index in [0.29, 0.717) is 16.9 Å². The third-order valence-corrected chi connectivity index (χ3v) is 3.91. The van der Waals surface area contributed by atoms with E-state index in [-0.39, 0.29) is 12.5 Å². The van der Waals surface area contributed by atoms with Gasteiger partial charge < -0.3 is 15.4 Å². The maximum absolute atomic E-state index is 12.2.